The van der Waals surface area contributed by atoms with Gasteiger partial charge in [-0.15, -0.1) is 0 Å². The number of nitrogens with zero attached hydrogens (tertiary/aromatic N) is 1. The minimum absolute atomic E-state index is 0.234. The molecule has 1 heterocycles. The Morgan fingerprint density at radius 3 is 2.33 bits per heavy atom. The molecule has 0 radical (unpaired) electrons. The predicted octanol–water partition coefficient (Wildman–Crippen LogP) is 4.48. The number of carbonyl (C=O) groups is 4. The Labute approximate surface area is 231 Å². The van der Waals surface area contributed by atoms with E-state index >= 15 is 0 Å². The molecule has 1 saturated heterocycles. The smallest absolute Gasteiger partial charge is 0.335 e. The predicted molar refractivity (Wildman–Crippen MR) is 150 cm³/mol. The lowest BCUT2D eigenvalue weighted by Gasteiger charge is -2.26. The molecule has 0 bridgehead atoms. The maximum atomic E-state index is 13.2. The average Bonchev–Trinajstić information content (AvgIpc) is 2.93. The third kappa shape index (κ3) is 6.47. The van der Waals surface area contributed by atoms with E-state index in [1.165, 1.54) is 6.08 Å². The largest absolute Gasteiger partial charge is 0.494 e. The monoisotopic (exact) mass is 543 g/mol. The number of para-hydroxylation sites is 1. The number of carbonyl (C=O) groups excluding carboxylic acids is 4. The van der Waals surface area contributed by atoms with Crippen molar-refractivity contribution >= 4 is 41.2 Å². The van der Waals surface area contributed by atoms with Crippen molar-refractivity contribution < 1.29 is 33.4 Å². The van der Waals surface area contributed by atoms with Crippen LogP contribution < -0.4 is 29.7 Å². The quantitative estimate of drug-likeness (QED) is 0.286. The van der Waals surface area contributed by atoms with Crippen LogP contribution in [0.5, 0.6) is 17.2 Å². The van der Waals surface area contributed by atoms with Crippen molar-refractivity contribution in [3.63, 3.8) is 0 Å². The van der Waals surface area contributed by atoms with Crippen LogP contribution in [0.25, 0.3) is 6.08 Å². The molecule has 1 aliphatic heterocycles. The van der Waals surface area contributed by atoms with Gasteiger partial charge in [-0.05, 0) is 80.4 Å². The van der Waals surface area contributed by atoms with Crippen molar-refractivity contribution in [2.75, 3.05) is 30.0 Å². The van der Waals surface area contributed by atoms with Crippen LogP contribution in [0.4, 0.5) is 16.2 Å². The molecule has 1 fully saturated rings. The molecule has 2 N–H and O–H groups in total. The van der Waals surface area contributed by atoms with Crippen LogP contribution in [-0.4, -0.2) is 43.6 Å². The van der Waals surface area contributed by atoms with E-state index in [4.69, 9.17) is 14.2 Å². The molecule has 10 nitrogen and oxygen atoms in total. The number of barbiturate groups is 1. The average molecular weight is 544 g/mol. The number of rotatable bonds is 10. The topological polar surface area (TPSA) is 123 Å². The van der Waals surface area contributed by atoms with E-state index in [1.807, 2.05) is 32.0 Å². The van der Waals surface area contributed by atoms with Crippen LogP contribution >= 0.6 is 0 Å². The van der Waals surface area contributed by atoms with Crippen LogP contribution in [0.15, 0.2) is 72.3 Å². The molecule has 40 heavy (non-hydrogen) atoms. The Morgan fingerprint density at radius 1 is 0.900 bits per heavy atom. The van der Waals surface area contributed by atoms with Gasteiger partial charge >= 0.3 is 6.03 Å². The van der Waals surface area contributed by atoms with Crippen LogP contribution in [0.3, 0.4) is 0 Å². The molecule has 1 aliphatic rings. The molecule has 3 aromatic carbocycles. The van der Waals surface area contributed by atoms with E-state index in [0.717, 1.165) is 10.5 Å². The van der Waals surface area contributed by atoms with Crippen LogP contribution in [-0.2, 0) is 14.4 Å². The number of nitrogens with one attached hydrogen (secondary N) is 2. The highest BCUT2D eigenvalue weighted by Gasteiger charge is 2.36. The number of benzene rings is 3. The number of anilines is 2. The summed E-state index contributed by atoms with van der Waals surface area (Å²) in [7, 11) is 0. The van der Waals surface area contributed by atoms with Crippen molar-refractivity contribution in [2.45, 2.75) is 20.8 Å². The van der Waals surface area contributed by atoms with Crippen molar-refractivity contribution in [2.24, 2.45) is 0 Å². The normalized spacial score (nSPS) is 14.1. The van der Waals surface area contributed by atoms with Crippen molar-refractivity contribution in [1.82, 2.24) is 5.32 Å². The number of imide groups is 2. The molecule has 206 valence electrons. The summed E-state index contributed by atoms with van der Waals surface area (Å²) in [6, 6.07) is 17.7. The fourth-order valence-corrected chi connectivity index (χ4v) is 3.96. The summed E-state index contributed by atoms with van der Waals surface area (Å²) in [5.74, 6) is -0.710. The molecule has 0 unspecified atom stereocenters. The molecule has 4 rings (SSSR count). The Kier molecular flexibility index (Phi) is 8.80. The Hall–Kier alpha value is -5.12. The fraction of sp³-hybridized carbons (Fsp3) is 0.200. The molecule has 0 aliphatic carbocycles. The first kappa shape index (κ1) is 27.9. The summed E-state index contributed by atoms with van der Waals surface area (Å²) in [5.41, 5.74) is 2.12. The molecule has 10 heteroatoms. The molecular weight excluding hydrogens is 514 g/mol. The van der Waals surface area contributed by atoms with Gasteiger partial charge in [-0.2, -0.15) is 0 Å². The standard InChI is InChI=1S/C30H29N3O7/c1-4-38-22-13-11-21(12-14-22)33-29(36)23(28(35)32-30(33)37)16-20-10-15-25(26(17-20)39-5-2)40-18-27(34)31-24-9-7-6-8-19(24)3/h6-17H,4-5,18H2,1-3H3,(H,31,34)(H,32,35,37)/b23-16+. The first-order valence-corrected chi connectivity index (χ1v) is 12.7. The van der Waals surface area contributed by atoms with Gasteiger partial charge in [0.15, 0.2) is 18.1 Å². The van der Waals surface area contributed by atoms with Crippen molar-refractivity contribution in [3.8, 4) is 17.2 Å². The van der Waals surface area contributed by atoms with Gasteiger partial charge in [0.05, 0.1) is 18.9 Å². The Balaban J connectivity index is 1.53. The third-order valence-electron chi connectivity index (χ3n) is 5.86. The molecule has 0 spiro atoms. The van der Waals surface area contributed by atoms with E-state index in [-0.39, 0.29) is 23.8 Å². The number of urea groups is 1. The fourth-order valence-electron chi connectivity index (χ4n) is 3.96. The van der Waals surface area contributed by atoms with Gasteiger partial charge in [0.25, 0.3) is 17.7 Å². The molecule has 5 amide bonds. The summed E-state index contributed by atoms with van der Waals surface area (Å²) >= 11 is 0. The molecule has 0 saturated carbocycles. The number of hydrogen-bond donors (Lipinski definition) is 2. The van der Waals surface area contributed by atoms with Crippen LogP contribution in [0.2, 0.25) is 0 Å². The second-order valence-electron chi connectivity index (χ2n) is 8.68. The van der Waals surface area contributed by atoms with Gasteiger partial charge in [0, 0.05) is 5.69 Å². The summed E-state index contributed by atoms with van der Waals surface area (Å²) in [6.07, 6.45) is 1.36. The lowest BCUT2D eigenvalue weighted by Crippen LogP contribution is -2.54. The summed E-state index contributed by atoms with van der Waals surface area (Å²) in [5, 5.41) is 5.01. The minimum atomic E-state index is -0.848. The molecular formula is C30H29N3O7. The zero-order chi connectivity index (χ0) is 28.6. The molecule has 0 aromatic heterocycles. The van der Waals surface area contributed by atoms with Gasteiger partial charge in [-0.1, -0.05) is 24.3 Å². The van der Waals surface area contributed by atoms with Gasteiger partial charge in [-0.3, -0.25) is 19.7 Å². The lowest BCUT2D eigenvalue weighted by molar-refractivity contribution is -0.122. The highest BCUT2D eigenvalue weighted by atomic mass is 16.5. The number of amides is 5. The number of aryl methyl sites for hydroxylation is 1. The molecule has 3 aromatic rings. The zero-order valence-corrected chi connectivity index (χ0v) is 22.4. The van der Waals surface area contributed by atoms with Gasteiger partial charge in [0.1, 0.15) is 11.3 Å². The Bertz CT molecular complexity index is 1460. The highest BCUT2D eigenvalue weighted by molar-refractivity contribution is 6.39. The number of hydrogen-bond acceptors (Lipinski definition) is 7. The van der Waals surface area contributed by atoms with E-state index < -0.39 is 17.8 Å². The van der Waals surface area contributed by atoms with Gasteiger partial charge < -0.3 is 19.5 Å². The van der Waals surface area contributed by atoms with Crippen molar-refractivity contribution in [1.29, 1.82) is 0 Å². The van der Waals surface area contributed by atoms with Crippen LogP contribution in [0.1, 0.15) is 25.0 Å². The summed E-state index contributed by atoms with van der Waals surface area (Å²) < 4.78 is 16.8. The number of ether oxygens (including phenoxy) is 3. The van der Waals surface area contributed by atoms with E-state index in [0.29, 0.717) is 41.7 Å². The molecule has 0 atom stereocenters. The maximum absolute atomic E-state index is 13.2. The maximum Gasteiger partial charge on any atom is 0.335 e. The Morgan fingerprint density at radius 2 is 1.62 bits per heavy atom. The minimum Gasteiger partial charge on any atom is -0.494 e. The summed E-state index contributed by atoms with van der Waals surface area (Å²) in [6.45, 7) is 6.05. The summed E-state index contributed by atoms with van der Waals surface area (Å²) in [4.78, 5) is 51.7. The second kappa shape index (κ2) is 12.6. The SMILES string of the molecule is CCOc1ccc(N2C(=O)NC(=O)/C(=C\c3ccc(OCC(=O)Nc4ccccc4C)c(OCC)c3)C2=O)cc1. The third-order valence-corrected chi connectivity index (χ3v) is 5.86. The van der Waals surface area contributed by atoms with Crippen molar-refractivity contribution in [3.05, 3.63) is 83.4 Å². The second-order valence-corrected chi connectivity index (χ2v) is 8.68. The van der Waals surface area contributed by atoms with E-state index in [9.17, 15) is 19.2 Å². The van der Waals surface area contributed by atoms with E-state index in [1.54, 1.807) is 55.5 Å². The zero-order valence-electron chi connectivity index (χ0n) is 22.4. The lowest BCUT2D eigenvalue weighted by atomic mass is 10.1. The first-order chi connectivity index (χ1) is 19.3. The highest BCUT2D eigenvalue weighted by Crippen LogP contribution is 2.31. The van der Waals surface area contributed by atoms with Gasteiger partial charge in [0.2, 0.25) is 0 Å². The first-order valence-electron chi connectivity index (χ1n) is 12.7. The van der Waals surface area contributed by atoms with Crippen LogP contribution in [0, 0.1) is 6.92 Å². The van der Waals surface area contributed by atoms with Gasteiger partial charge in [-0.25, -0.2) is 9.69 Å². The van der Waals surface area contributed by atoms with E-state index in [2.05, 4.69) is 10.6 Å².